The largest absolute Gasteiger partial charge is 0.395 e. The van der Waals surface area contributed by atoms with Crippen molar-refractivity contribution in [3.63, 3.8) is 0 Å². The molecule has 2 aliphatic heterocycles. The van der Waals surface area contributed by atoms with Crippen LogP contribution in [-0.4, -0.2) is 66.3 Å². The summed E-state index contributed by atoms with van der Waals surface area (Å²) in [6.07, 6.45) is 2.03. The van der Waals surface area contributed by atoms with Crippen LogP contribution in [-0.2, 0) is 0 Å². The van der Waals surface area contributed by atoms with Crippen molar-refractivity contribution in [2.45, 2.75) is 18.4 Å². The second kappa shape index (κ2) is 3.98. The second-order valence-electron chi connectivity index (χ2n) is 4.66. The van der Waals surface area contributed by atoms with Crippen LogP contribution >= 0.6 is 0 Å². The van der Waals surface area contributed by atoms with Gasteiger partial charge in [0.05, 0.1) is 12.1 Å². The molecule has 1 unspecified atom stereocenters. The molecule has 2 fully saturated rings. The fourth-order valence-electron chi connectivity index (χ4n) is 2.54. The van der Waals surface area contributed by atoms with E-state index in [4.69, 9.17) is 5.11 Å². The first-order valence-corrected chi connectivity index (χ1v) is 5.52. The van der Waals surface area contributed by atoms with Crippen molar-refractivity contribution in [2.24, 2.45) is 0 Å². The lowest BCUT2D eigenvalue weighted by molar-refractivity contribution is 0.133. The van der Waals surface area contributed by atoms with Gasteiger partial charge < -0.3 is 20.2 Å². The number of aliphatic hydroxyl groups is 1. The number of urea groups is 1. The Balaban J connectivity index is 1.96. The molecule has 5 nitrogen and oxygen atoms in total. The maximum atomic E-state index is 11.7. The molecule has 1 spiro atoms. The SMILES string of the molecule is CN1CCC2(CCN(CCO)C(=O)N2)C1. The summed E-state index contributed by atoms with van der Waals surface area (Å²) in [6.45, 7) is 3.25. The molecule has 2 heterocycles. The molecule has 2 aliphatic rings. The lowest BCUT2D eigenvalue weighted by atomic mass is 9.92. The number of hydrogen-bond acceptors (Lipinski definition) is 3. The van der Waals surface area contributed by atoms with E-state index in [-0.39, 0.29) is 18.2 Å². The van der Waals surface area contributed by atoms with E-state index < -0.39 is 0 Å². The molecule has 2 N–H and O–H groups in total. The van der Waals surface area contributed by atoms with E-state index >= 15 is 0 Å². The van der Waals surface area contributed by atoms with Gasteiger partial charge in [0, 0.05) is 26.2 Å². The van der Waals surface area contributed by atoms with E-state index in [0.29, 0.717) is 6.54 Å². The fourth-order valence-corrected chi connectivity index (χ4v) is 2.54. The summed E-state index contributed by atoms with van der Waals surface area (Å²) < 4.78 is 0. The Morgan fingerprint density at radius 3 is 2.73 bits per heavy atom. The molecule has 0 aromatic carbocycles. The summed E-state index contributed by atoms with van der Waals surface area (Å²) in [7, 11) is 2.08. The number of carbonyl (C=O) groups excluding carboxylic acids is 1. The number of nitrogens with zero attached hydrogens (tertiary/aromatic N) is 2. The topological polar surface area (TPSA) is 55.8 Å². The van der Waals surface area contributed by atoms with Crippen LogP contribution in [0.5, 0.6) is 0 Å². The Hall–Kier alpha value is -0.810. The minimum Gasteiger partial charge on any atom is -0.395 e. The number of amides is 2. The molecule has 0 aromatic rings. The molecule has 2 rings (SSSR count). The van der Waals surface area contributed by atoms with Crippen molar-refractivity contribution >= 4 is 6.03 Å². The maximum Gasteiger partial charge on any atom is 0.317 e. The zero-order chi connectivity index (χ0) is 10.9. The van der Waals surface area contributed by atoms with Crippen molar-refractivity contribution in [1.82, 2.24) is 15.1 Å². The van der Waals surface area contributed by atoms with E-state index in [9.17, 15) is 4.79 Å². The van der Waals surface area contributed by atoms with Crippen molar-refractivity contribution in [3.8, 4) is 0 Å². The summed E-state index contributed by atoms with van der Waals surface area (Å²) in [6, 6.07) is -0.0226. The lowest BCUT2D eigenvalue weighted by Crippen LogP contribution is -2.61. The molecule has 15 heavy (non-hydrogen) atoms. The summed E-state index contributed by atoms with van der Waals surface area (Å²) >= 11 is 0. The Morgan fingerprint density at radius 2 is 2.20 bits per heavy atom. The predicted octanol–water partition coefficient (Wildman–Crippen LogP) is -0.532. The maximum absolute atomic E-state index is 11.7. The Morgan fingerprint density at radius 1 is 1.47 bits per heavy atom. The van der Waals surface area contributed by atoms with E-state index in [0.717, 1.165) is 32.5 Å². The molecule has 2 amide bonds. The van der Waals surface area contributed by atoms with E-state index in [1.807, 2.05) is 0 Å². The molecule has 0 aromatic heterocycles. The van der Waals surface area contributed by atoms with Crippen LogP contribution in [0, 0.1) is 0 Å². The monoisotopic (exact) mass is 213 g/mol. The number of rotatable bonds is 2. The van der Waals surface area contributed by atoms with Crippen LogP contribution in [0.1, 0.15) is 12.8 Å². The van der Waals surface area contributed by atoms with Gasteiger partial charge in [0.15, 0.2) is 0 Å². The Labute approximate surface area is 90.0 Å². The minimum absolute atomic E-state index is 0.00219. The van der Waals surface area contributed by atoms with Crippen molar-refractivity contribution in [3.05, 3.63) is 0 Å². The van der Waals surface area contributed by atoms with E-state index in [1.54, 1.807) is 4.90 Å². The summed E-state index contributed by atoms with van der Waals surface area (Å²) in [5, 5.41) is 11.9. The number of likely N-dealkylation sites (N-methyl/N-ethyl adjacent to an activating group) is 1. The van der Waals surface area contributed by atoms with E-state index in [1.165, 1.54) is 0 Å². The molecule has 5 heteroatoms. The molecule has 0 saturated carbocycles. The van der Waals surface area contributed by atoms with Gasteiger partial charge >= 0.3 is 6.03 Å². The molecule has 2 saturated heterocycles. The second-order valence-corrected chi connectivity index (χ2v) is 4.66. The normalized spacial score (nSPS) is 32.4. The third kappa shape index (κ3) is 2.08. The third-order valence-corrected chi connectivity index (χ3v) is 3.43. The van der Waals surface area contributed by atoms with Crippen molar-refractivity contribution < 1.29 is 9.90 Å². The van der Waals surface area contributed by atoms with Crippen LogP contribution in [0.2, 0.25) is 0 Å². The van der Waals surface area contributed by atoms with Gasteiger partial charge in [-0.05, 0) is 19.9 Å². The average molecular weight is 213 g/mol. The minimum atomic E-state index is -0.0226. The zero-order valence-corrected chi connectivity index (χ0v) is 9.20. The molecule has 86 valence electrons. The van der Waals surface area contributed by atoms with Gasteiger partial charge in [0.1, 0.15) is 0 Å². The average Bonchev–Trinajstić information content (AvgIpc) is 2.53. The molecule has 0 bridgehead atoms. The quantitative estimate of drug-likeness (QED) is 0.648. The highest BCUT2D eigenvalue weighted by Gasteiger charge is 2.41. The number of β-amino-alcohol motifs (C(OH)–C–C–N with tert-alkyl or cyclic N) is 1. The highest BCUT2D eigenvalue weighted by atomic mass is 16.3. The van der Waals surface area contributed by atoms with Gasteiger partial charge in [0.2, 0.25) is 0 Å². The Kier molecular flexibility index (Phi) is 2.84. The summed E-state index contributed by atoms with van der Waals surface area (Å²) in [5.74, 6) is 0. The summed E-state index contributed by atoms with van der Waals surface area (Å²) in [4.78, 5) is 15.7. The highest BCUT2D eigenvalue weighted by Crippen LogP contribution is 2.27. The number of nitrogens with one attached hydrogen (secondary N) is 1. The number of hydrogen-bond donors (Lipinski definition) is 2. The first kappa shape index (κ1) is 10.7. The zero-order valence-electron chi connectivity index (χ0n) is 9.20. The van der Waals surface area contributed by atoms with Crippen LogP contribution in [0.25, 0.3) is 0 Å². The van der Waals surface area contributed by atoms with Gasteiger partial charge in [-0.2, -0.15) is 0 Å². The Bertz CT molecular complexity index is 259. The predicted molar refractivity (Wildman–Crippen MR) is 56.7 cm³/mol. The first-order valence-electron chi connectivity index (χ1n) is 5.52. The molecule has 0 radical (unpaired) electrons. The lowest BCUT2D eigenvalue weighted by Gasteiger charge is -2.39. The van der Waals surface area contributed by atoms with Gasteiger partial charge in [-0.15, -0.1) is 0 Å². The smallest absolute Gasteiger partial charge is 0.317 e. The fraction of sp³-hybridized carbons (Fsp3) is 0.900. The molecule has 0 aliphatic carbocycles. The molecule has 1 atom stereocenters. The van der Waals surface area contributed by atoms with Gasteiger partial charge in [-0.3, -0.25) is 0 Å². The van der Waals surface area contributed by atoms with Crippen LogP contribution in [0.3, 0.4) is 0 Å². The number of likely N-dealkylation sites (tertiary alicyclic amines) is 1. The van der Waals surface area contributed by atoms with Crippen molar-refractivity contribution in [2.75, 3.05) is 39.8 Å². The summed E-state index contributed by atoms with van der Waals surface area (Å²) in [5.41, 5.74) is -0.00219. The third-order valence-electron chi connectivity index (χ3n) is 3.43. The van der Waals surface area contributed by atoms with Gasteiger partial charge in [-0.1, -0.05) is 0 Å². The highest BCUT2D eigenvalue weighted by molar-refractivity contribution is 5.76. The number of aliphatic hydroxyl groups excluding tert-OH is 1. The first-order chi connectivity index (χ1) is 7.15. The van der Waals surface area contributed by atoms with Crippen LogP contribution in [0.15, 0.2) is 0 Å². The molecular weight excluding hydrogens is 194 g/mol. The van der Waals surface area contributed by atoms with Crippen LogP contribution in [0.4, 0.5) is 4.79 Å². The van der Waals surface area contributed by atoms with Crippen LogP contribution < -0.4 is 5.32 Å². The van der Waals surface area contributed by atoms with Gasteiger partial charge in [0.25, 0.3) is 0 Å². The van der Waals surface area contributed by atoms with Crippen molar-refractivity contribution in [1.29, 1.82) is 0 Å². The standard InChI is InChI=1S/C10H19N3O2/c1-12-4-2-10(8-12)3-5-13(6-7-14)9(15)11-10/h14H,2-8H2,1H3,(H,11,15). The van der Waals surface area contributed by atoms with Gasteiger partial charge in [-0.25, -0.2) is 4.79 Å². The molecular formula is C10H19N3O2. The number of carbonyl (C=O) groups is 1. The van der Waals surface area contributed by atoms with E-state index in [2.05, 4.69) is 17.3 Å².